The minimum absolute atomic E-state index is 0.0932. The van der Waals surface area contributed by atoms with Gasteiger partial charge in [0, 0.05) is 13.2 Å². The van der Waals surface area contributed by atoms with Gasteiger partial charge in [0.1, 0.15) is 0 Å². The molecule has 1 unspecified atom stereocenters. The maximum atomic E-state index is 12.3. The molecule has 0 saturated carbocycles. The van der Waals surface area contributed by atoms with Crippen molar-refractivity contribution in [3.63, 3.8) is 0 Å². The number of hydrogen-bond acceptors (Lipinski definition) is 3. The van der Waals surface area contributed by atoms with Crippen molar-refractivity contribution >= 4 is 10.0 Å². The fourth-order valence-electron chi connectivity index (χ4n) is 2.35. The van der Waals surface area contributed by atoms with Crippen LogP contribution in [0.4, 0.5) is 0 Å². The van der Waals surface area contributed by atoms with Gasteiger partial charge in [-0.15, -0.1) is 0 Å². The first-order chi connectivity index (χ1) is 9.40. The van der Waals surface area contributed by atoms with Crippen molar-refractivity contribution in [2.75, 3.05) is 13.2 Å². The Morgan fingerprint density at radius 1 is 1.25 bits per heavy atom. The summed E-state index contributed by atoms with van der Waals surface area (Å²) in [7, 11) is -3.47. The predicted molar refractivity (Wildman–Crippen MR) is 81.2 cm³/mol. The van der Waals surface area contributed by atoms with E-state index in [1.807, 2.05) is 13.0 Å². The van der Waals surface area contributed by atoms with Crippen molar-refractivity contribution in [3.8, 4) is 0 Å². The van der Waals surface area contributed by atoms with Gasteiger partial charge in [-0.1, -0.05) is 31.0 Å². The molecule has 1 aromatic rings. The molecule has 4 nitrogen and oxygen atoms in total. The lowest BCUT2D eigenvalue weighted by Crippen LogP contribution is -2.30. The number of nitrogens with one attached hydrogen (secondary N) is 1. The summed E-state index contributed by atoms with van der Waals surface area (Å²) in [6, 6.07) is 5.32. The first-order valence-electron chi connectivity index (χ1n) is 7.08. The van der Waals surface area contributed by atoms with Gasteiger partial charge in [0.25, 0.3) is 0 Å². The second-order valence-electron chi connectivity index (χ2n) is 5.29. The third-order valence-corrected chi connectivity index (χ3v) is 5.00. The van der Waals surface area contributed by atoms with E-state index in [1.54, 1.807) is 19.1 Å². The Hall–Kier alpha value is -0.910. The molecule has 0 aromatic heterocycles. The Balaban J connectivity index is 2.78. The van der Waals surface area contributed by atoms with Crippen molar-refractivity contribution in [3.05, 3.63) is 29.3 Å². The van der Waals surface area contributed by atoms with Crippen LogP contribution in [0.25, 0.3) is 0 Å². The number of aliphatic hydroxyl groups excluding tert-OH is 1. The highest BCUT2D eigenvalue weighted by Crippen LogP contribution is 2.17. The van der Waals surface area contributed by atoms with Gasteiger partial charge in [-0.25, -0.2) is 13.1 Å². The molecule has 0 amide bonds. The lowest BCUT2D eigenvalue weighted by atomic mass is 10.0. The third kappa shape index (κ3) is 4.89. The van der Waals surface area contributed by atoms with Crippen molar-refractivity contribution in [2.24, 2.45) is 5.92 Å². The number of rotatable bonds is 8. The molecule has 5 heteroatoms. The largest absolute Gasteiger partial charge is 0.396 e. The number of aliphatic hydroxyl groups is 1. The monoisotopic (exact) mass is 299 g/mol. The number of benzene rings is 1. The molecular formula is C15H25NO3S. The zero-order valence-electron chi connectivity index (χ0n) is 12.5. The standard InChI is InChI=1S/C15H25NO3S/c1-4-5-14(8-9-17)11-16-20(18,19)15-7-6-12(2)10-13(15)3/h6-7,10,14,16-17H,4-5,8-9,11H2,1-3H3. The van der Waals surface area contributed by atoms with Gasteiger partial charge in [0.2, 0.25) is 10.0 Å². The Morgan fingerprint density at radius 2 is 1.95 bits per heavy atom. The van der Waals surface area contributed by atoms with Crippen LogP contribution in [0.2, 0.25) is 0 Å². The van der Waals surface area contributed by atoms with Crippen molar-refractivity contribution in [1.29, 1.82) is 0 Å². The van der Waals surface area contributed by atoms with Gasteiger partial charge in [-0.3, -0.25) is 0 Å². The van der Waals surface area contributed by atoms with Crippen molar-refractivity contribution < 1.29 is 13.5 Å². The lowest BCUT2D eigenvalue weighted by Gasteiger charge is -2.16. The molecule has 114 valence electrons. The van der Waals surface area contributed by atoms with E-state index in [4.69, 9.17) is 5.11 Å². The Kier molecular flexibility index (Phi) is 6.65. The van der Waals surface area contributed by atoms with Crippen LogP contribution in [0.15, 0.2) is 23.1 Å². The molecule has 1 rings (SSSR count). The molecule has 0 spiro atoms. The molecule has 1 atom stereocenters. The Bertz CT molecular complexity index is 520. The lowest BCUT2D eigenvalue weighted by molar-refractivity contribution is 0.251. The first-order valence-corrected chi connectivity index (χ1v) is 8.56. The summed E-state index contributed by atoms with van der Waals surface area (Å²) >= 11 is 0. The van der Waals surface area contributed by atoms with Gasteiger partial charge in [-0.05, 0) is 44.2 Å². The molecule has 0 bridgehead atoms. The number of sulfonamides is 1. The fraction of sp³-hybridized carbons (Fsp3) is 0.600. The topological polar surface area (TPSA) is 66.4 Å². The zero-order chi connectivity index (χ0) is 15.2. The number of aryl methyl sites for hydroxylation is 2. The third-order valence-electron chi connectivity index (χ3n) is 3.42. The van der Waals surface area contributed by atoms with Crippen LogP contribution in [-0.2, 0) is 10.0 Å². The average molecular weight is 299 g/mol. The van der Waals surface area contributed by atoms with Gasteiger partial charge < -0.3 is 5.11 Å². The highest BCUT2D eigenvalue weighted by molar-refractivity contribution is 7.89. The molecule has 0 aliphatic rings. The van der Waals surface area contributed by atoms with Crippen LogP contribution in [-0.4, -0.2) is 26.7 Å². The molecule has 2 N–H and O–H groups in total. The Labute approximate surface area is 122 Å². The van der Waals surface area contributed by atoms with Gasteiger partial charge in [-0.2, -0.15) is 0 Å². The molecular weight excluding hydrogens is 274 g/mol. The normalized spacial score (nSPS) is 13.4. The molecule has 0 radical (unpaired) electrons. The summed E-state index contributed by atoms with van der Waals surface area (Å²) in [5.74, 6) is 0.186. The zero-order valence-corrected chi connectivity index (χ0v) is 13.3. The first kappa shape index (κ1) is 17.1. The van der Waals surface area contributed by atoms with Crippen LogP contribution in [0.3, 0.4) is 0 Å². The van der Waals surface area contributed by atoms with Crippen LogP contribution in [0.5, 0.6) is 0 Å². The van der Waals surface area contributed by atoms with Crippen LogP contribution in [0.1, 0.15) is 37.3 Å². The van der Waals surface area contributed by atoms with E-state index in [1.165, 1.54) is 0 Å². The van der Waals surface area contributed by atoms with Crippen LogP contribution < -0.4 is 4.72 Å². The van der Waals surface area contributed by atoms with Gasteiger partial charge in [0.05, 0.1) is 4.90 Å². The van der Waals surface area contributed by atoms with E-state index in [9.17, 15) is 8.42 Å². The van der Waals surface area contributed by atoms with Crippen molar-refractivity contribution in [2.45, 2.75) is 44.9 Å². The fourth-order valence-corrected chi connectivity index (χ4v) is 3.69. The molecule has 20 heavy (non-hydrogen) atoms. The minimum Gasteiger partial charge on any atom is -0.396 e. The smallest absolute Gasteiger partial charge is 0.240 e. The highest BCUT2D eigenvalue weighted by atomic mass is 32.2. The molecule has 0 heterocycles. The van der Waals surface area contributed by atoms with Crippen LogP contribution in [0, 0.1) is 19.8 Å². The van der Waals surface area contributed by atoms with Crippen LogP contribution >= 0.6 is 0 Å². The summed E-state index contributed by atoms with van der Waals surface area (Å²) in [6.45, 7) is 6.27. The summed E-state index contributed by atoms with van der Waals surface area (Å²) in [5.41, 5.74) is 1.80. The maximum Gasteiger partial charge on any atom is 0.240 e. The summed E-state index contributed by atoms with van der Waals surface area (Å²) in [4.78, 5) is 0.336. The molecule has 0 aliphatic heterocycles. The van der Waals surface area contributed by atoms with E-state index in [0.717, 1.165) is 24.0 Å². The molecule has 0 fully saturated rings. The highest BCUT2D eigenvalue weighted by Gasteiger charge is 2.18. The molecule has 0 saturated heterocycles. The van der Waals surface area contributed by atoms with E-state index in [-0.39, 0.29) is 12.5 Å². The molecule has 0 aliphatic carbocycles. The van der Waals surface area contributed by atoms with Gasteiger partial charge in [0.15, 0.2) is 0 Å². The molecule has 1 aromatic carbocycles. The van der Waals surface area contributed by atoms with Crippen molar-refractivity contribution in [1.82, 2.24) is 4.72 Å². The Morgan fingerprint density at radius 3 is 2.50 bits per heavy atom. The van der Waals surface area contributed by atoms with Gasteiger partial charge >= 0.3 is 0 Å². The van der Waals surface area contributed by atoms with E-state index in [2.05, 4.69) is 11.6 Å². The quantitative estimate of drug-likeness (QED) is 0.774. The summed E-state index contributed by atoms with van der Waals surface area (Å²) in [6.07, 6.45) is 2.52. The maximum absolute atomic E-state index is 12.3. The summed E-state index contributed by atoms with van der Waals surface area (Å²) in [5, 5.41) is 9.01. The second-order valence-corrected chi connectivity index (χ2v) is 7.02. The number of hydrogen-bond donors (Lipinski definition) is 2. The summed E-state index contributed by atoms with van der Waals surface area (Å²) < 4.78 is 27.3. The SMILES string of the molecule is CCCC(CCO)CNS(=O)(=O)c1ccc(C)cc1C. The second kappa shape index (κ2) is 7.76. The average Bonchev–Trinajstić information content (AvgIpc) is 2.36. The van der Waals surface area contributed by atoms with E-state index in [0.29, 0.717) is 17.9 Å². The minimum atomic E-state index is -3.47. The van der Waals surface area contributed by atoms with E-state index < -0.39 is 10.0 Å². The van der Waals surface area contributed by atoms with E-state index >= 15 is 0 Å². The predicted octanol–water partition coefficient (Wildman–Crippen LogP) is 2.38.